The largest absolute Gasteiger partial charge is 0.459 e. The highest BCUT2D eigenvalue weighted by molar-refractivity contribution is 5.72. The maximum absolute atomic E-state index is 11.6. The summed E-state index contributed by atoms with van der Waals surface area (Å²) in [7, 11) is 0. The topological polar surface area (TPSA) is 38.3 Å². The zero-order valence-corrected chi connectivity index (χ0v) is 12.6. The van der Waals surface area contributed by atoms with Crippen molar-refractivity contribution in [3.05, 3.63) is 0 Å². The molecule has 1 aliphatic carbocycles. The van der Waals surface area contributed by atoms with E-state index in [1.54, 1.807) is 0 Å². The van der Waals surface area contributed by atoms with Crippen molar-refractivity contribution in [3.8, 4) is 0 Å². The van der Waals surface area contributed by atoms with E-state index in [0.717, 1.165) is 11.8 Å². The summed E-state index contributed by atoms with van der Waals surface area (Å²) in [5, 5.41) is 3.35. The van der Waals surface area contributed by atoms with E-state index < -0.39 is 0 Å². The Morgan fingerprint density at radius 3 is 2.56 bits per heavy atom. The van der Waals surface area contributed by atoms with E-state index in [1.165, 1.54) is 25.7 Å². The molecule has 2 unspecified atom stereocenters. The third-order valence-corrected chi connectivity index (χ3v) is 3.61. The molecular weight excluding hydrogens is 226 g/mol. The zero-order valence-electron chi connectivity index (χ0n) is 12.6. The summed E-state index contributed by atoms with van der Waals surface area (Å²) in [5.41, 5.74) is -0.383. The van der Waals surface area contributed by atoms with E-state index in [1.807, 2.05) is 20.8 Å². The molecular formula is C15H29NO2. The second kappa shape index (κ2) is 6.55. The lowest BCUT2D eigenvalue weighted by molar-refractivity contribution is -0.153. The smallest absolute Gasteiger partial charge is 0.320 e. The van der Waals surface area contributed by atoms with Crippen molar-refractivity contribution in [2.24, 2.45) is 11.8 Å². The van der Waals surface area contributed by atoms with Crippen molar-refractivity contribution < 1.29 is 9.53 Å². The number of rotatable bonds is 4. The van der Waals surface area contributed by atoms with Crippen molar-refractivity contribution in [3.63, 3.8) is 0 Å². The number of hydrogen-bond donors (Lipinski definition) is 1. The van der Waals surface area contributed by atoms with Crippen LogP contribution < -0.4 is 5.32 Å². The van der Waals surface area contributed by atoms with Crippen LogP contribution in [-0.2, 0) is 9.53 Å². The van der Waals surface area contributed by atoms with E-state index in [0.29, 0.717) is 12.6 Å². The molecule has 0 heterocycles. The van der Waals surface area contributed by atoms with Crippen LogP contribution in [0.2, 0.25) is 0 Å². The molecule has 1 N–H and O–H groups in total. The molecule has 0 aromatic heterocycles. The standard InChI is InChI=1S/C15H29NO2/c1-11(2)12-7-6-8-13(9-12)16-10-14(17)18-15(3,4)5/h11-13,16H,6-10H2,1-5H3. The molecule has 1 aliphatic rings. The summed E-state index contributed by atoms with van der Waals surface area (Å²) in [5.74, 6) is 1.40. The Kier molecular flexibility index (Phi) is 5.64. The Bertz CT molecular complexity index is 268. The van der Waals surface area contributed by atoms with Crippen molar-refractivity contribution >= 4 is 5.97 Å². The maximum atomic E-state index is 11.6. The van der Waals surface area contributed by atoms with Crippen LogP contribution in [0.5, 0.6) is 0 Å². The predicted octanol–water partition coefficient (Wildman–Crippen LogP) is 3.13. The van der Waals surface area contributed by atoms with Crippen molar-refractivity contribution in [1.29, 1.82) is 0 Å². The second-order valence-electron chi connectivity index (χ2n) is 6.83. The highest BCUT2D eigenvalue weighted by Gasteiger charge is 2.25. The van der Waals surface area contributed by atoms with E-state index >= 15 is 0 Å². The SMILES string of the molecule is CC(C)C1CCCC(NCC(=O)OC(C)(C)C)C1. The average molecular weight is 255 g/mol. The van der Waals surface area contributed by atoms with Crippen molar-refractivity contribution in [2.75, 3.05) is 6.54 Å². The van der Waals surface area contributed by atoms with Gasteiger partial charge in [0.25, 0.3) is 0 Å². The highest BCUT2D eigenvalue weighted by atomic mass is 16.6. The molecule has 2 atom stereocenters. The van der Waals surface area contributed by atoms with Crippen LogP contribution in [0, 0.1) is 11.8 Å². The van der Waals surface area contributed by atoms with Crippen LogP contribution in [-0.4, -0.2) is 24.2 Å². The van der Waals surface area contributed by atoms with Crippen LogP contribution in [0.15, 0.2) is 0 Å². The van der Waals surface area contributed by atoms with Crippen LogP contribution in [0.1, 0.15) is 60.3 Å². The summed E-state index contributed by atoms with van der Waals surface area (Å²) in [6, 6.07) is 0.485. The van der Waals surface area contributed by atoms with Gasteiger partial charge in [0, 0.05) is 6.04 Å². The minimum absolute atomic E-state index is 0.144. The van der Waals surface area contributed by atoms with Crippen LogP contribution in [0.3, 0.4) is 0 Å². The minimum Gasteiger partial charge on any atom is -0.459 e. The first-order valence-corrected chi connectivity index (χ1v) is 7.23. The fourth-order valence-corrected chi connectivity index (χ4v) is 2.62. The van der Waals surface area contributed by atoms with Crippen molar-refractivity contribution in [2.45, 2.75) is 71.9 Å². The fraction of sp³-hybridized carbons (Fsp3) is 0.933. The Hall–Kier alpha value is -0.570. The summed E-state index contributed by atoms with van der Waals surface area (Å²) in [6.45, 7) is 10.6. The summed E-state index contributed by atoms with van der Waals surface area (Å²) < 4.78 is 5.30. The normalized spacial score (nSPS) is 25.2. The van der Waals surface area contributed by atoms with Crippen LogP contribution in [0.25, 0.3) is 0 Å². The van der Waals surface area contributed by atoms with Gasteiger partial charge in [-0.15, -0.1) is 0 Å². The van der Waals surface area contributed by atoms with Gasteiger partial charge in [-0.3, -0.25) is 4.79 Å². The fourth-order valence-electron chi connectivity index (χ4n) is 2.62. The molecule has 1 rings (SSSR count). The summed E-state index contributed by atoms with van der Waals surface area (Å²) >= 11 is 0. The molecule has 0 spiro atoms. The lowest BCUT2D eigenvalue weighted by Crippen LogP contribution is -2.40. The Labute approximate surface area is 112 Å². The van der Waals surface area contributed by atoms with Gasteiger partial charge in [-0.2, -0.15) is 0 Å². The lowest BCUT2D eigenvalue weighted by atomic mass is 9.79. The first kappa shape index (κ1) is 15.5. The van der Waals surface area contributed by atoms with Gasteiger partial charge in [0.1, 0.15) is 5.60 Å². The van der Waals surface area contributed by atoms with Gasteiger partial charge in [-0.05, 0) is 45.4 Å². The maximum Gasteiger partial charge on any atom is 0.320 e. The van der Waals surface area contributed by atoms with E-state index in [4.69, 9.17) is 4.74 Å². The van der Waals surface area contributed by atoms with Gasteiger partial charge < -0.3 is 10.1 Å². The van der Waals surface area contributed by atoms with Gasteiger partial charge >= 0.3 is 5.97 Å². The molecule has 0 aliphatic heterocycles. The number of hydrogen-bond acceptors (Lipinski definition) is 3. The molecule has 1 saturated carbocycles. The molecule has 3 heteroatoms. The average Bonchev–Trinajstić information content (AvgIpc) is 2.24. The first-order valence-electron chi connectivity index (χ1n) is 7.23. The molecule has 0 saturated heterocycles. The molecule has 0 aromatic carbocycles. The zero-order chi connectivity index (χ0) is 13.8. The Morgan fingerprint density at radius 1 is 1.33 bits per heavy atom. The molecule has 0 amide bonds. The van der Waals surface area contributed by atoms with E-state index in [2.05, 4.69) is 19.2 Å². The Morgan fingerprint density at radius 2 is 2.00 bits per heavy atom. The summed E-state index contributed by atoms with van der Waals surface area (Å²) in [4.78, 5) is 11.6. The summed E-state index contributed by atoms with van der Waals surface area (Å²) in [6.07, 6.45) is 4.99. The number of carbonyl (C=O) groups is 1. The number of esters is 1. The Balaban J connectivity index is 2.28. The first-order chi connectivity index (χ1) is 8.28. The highest BCUT2D eigenvalue weighted by Crippen LogP contribution is 2.29. The van der Waals surface area contributed by atoms with Gasteiger partial charge in [0.05, 0.1) is 6.54 Å². The molecule has 0 bridgehead atoms. The molecule has 3 nitrogen and oxygen atoms in total. The predicted molar refractivity (Wildman–Crippen MR) is 74.4 cm³/mol. The van der Waals surface area contributed by atoms with Gasteiger partial charge in [-0.1, -0.05) is 26.7 Å². The quantitative estimate of drug-likeness (QED) is 0.784. The number of ether oxygens (including phenoxy) is 1. The molecule has 106 valence electrons. The van der Waals surface area contributed by atoms with E-state index in [-0.39, 0.29) is 11.6 Å². The number of carbonyl (C=O) groups excluding carboxylic acids is 1. The molecule has 18 heavy (non-hydrogen) atoms. The van der Waals surface area contributed by atoms with E-state index in [9.17, 15) is 4.79 Å². The minimum atomic E-state index is -0.383. The second-order valence-corrected chi connectivity index (χ2v) is 6.83. The molecule has 0 aromatic rings. The molecule has 1 fully saturated rings. The van der Waals surface area contributed by atoms with Gasteiger partial charge in [0.15, 0.2) is 0 Å². The number of nitrogens with one attached hydrogen (secondary N) is 1. The van der Waals surface area contributed by atoms with Crippen LogP contribution >= 0.6 is 0 Å². The van der Waals surface area contributed by atoms with Crippen LogP contribution in [0.4, 0.5) is 0 Å². The van der Waals surface area contributed by atoms with Crippen molar-refractivity contribution in [1.82, 2.24) is 5.32 Å². The van der Waals surface area contributed by atoms with Gasteiger partial charge in [0.2, 0.25) is 0 Å². The third kappa shape index (κ3) is 5.85. The third-order valence-electron chi connectivity index (χ3n) is 3.61. The lowest BCUT2D eigenvalue weighted by Gasteiger charge is -2.32. The van der Waals surface area contributed by atoms with Gasteiger partial charge in [-0.25, -0.2) is 0 Å². The monoisotopic (exact) mass is 255 g/mol. The molecule has 0 radical (unpaired) electrons.